The third kappa shape index (κ3) is 6.72. The van der Waals surface area contributed by atoms with Gasteiger partial charge in [0.1, 0.15) is 12.2 Å². The van der Waals surface area contributed by atoms with Crippen molar-refractivity contribution in [3.63, 3.8) is 0 Å². The lowest BCUT2D eigenvalue weighted by Crippen LogP contribution is -2.26. The van der Waals surface area contributed by atoms with E-state index >= 15 is 0 Å². The normalized spacial score (nSPS) is 11.5. The summed E-state index contributed by atoms with van der Waals surface area (Å²) in [6.45, 7) is 9.39. The summed E-state index contributed by atoms with van der Waals surface area (Å²) >= 11 is 0. The Morgan fingerprint density at radius 3 is 2.41 bits per heavy atom. The lowest BCUT2D eigenvalue weighted by Gasteiger charge is -2.21. The van der Waals surface area contributed by atoms with E-state index in [-0.39, 0.29) is 12.2 Å². The van der Waals surface area contributed by atoms with E-state index < -0.39 is 11.4 Å². The summed E-state index contributed by atoms with van der Waals surface area (Å²) in [6.07, 6.45) is 5.30. The Labute approximate surface area is 104 Å². The second-order valence-corrected chi connectivity index (χ2v) is 4.85. The Balaban J connectivity index is 4.22. The molecule has 3 nitrogen and oxygen atoms in total. The maximum absolute atomic E-state index is 11.8. The molecule has 0 aliphatic heterocycles. The third-order valence-electron chi connectivity index (χ3n) is 2.63. The van der Waals surface area contributed by atoms with Gasteiger partial charge in [0.15, 0.2) is 0 Å². The van der Waals surface area contributed by atoms with Crippen LogP contribution in [-0.4, -0.2) is 18.9 Å². The van der Waals surface area contributed by atoms with E-state index in [0.717, 1.165) is 12.0 Å². The van der Waals surface area contributed by atoms with Gasteiger partial charge < -0.3 is 4.74 Å². The molecule has 0 saturated carbocycles. The highest BCUT2D eigenvalue weighted by Gasteiger charge is 2.28. The summed E-state index contributed by atoms with van der Waals surface area (Å²) in [7, 11) is 1.29. The van der Waals surface area contributed by atoms with Crippen LogP contribution in [-0.2, 0) is 14.3 Å². The van der Waals surface area contributed by atoms with Crippen molar-refractivity contribution in [1.82, 2.24) is 0 Å². The van der Waals surface area contributed by atoms with Crippen LogP contribution in [0.2, 0.25) is 0 Å². The van der Waals surface area contributed by atoms with Gasteiger partial charge in [-0.3, -0.25) is 9.59 Å². The van der Waals surface area contributed by atoms with Gasteiger partial charge in [-0.15, -0.1) is 0 Å². The maximum Gasteiger partial charge on any atom is 0.313 e. The van der Waals surface area contributed by atoms with Crippen molar-refractivity contribution >= 4 is 11.8 Å². The van der Waals surface area contributed by atoms with E-state index in [4.69, 9.17) is 0 Å². The summed E-state index contributed by atoms with van der Waals surface area (Å²) in [6, 6.07) is 0. The minimum absolute atomic E-state index is 0.0759. The zero-order valence-corrected chi connectivity index (χ0v) is 11.2. The minimum atomic E-state index is -0.492. The largest absolute Gasteiger partial charge is 0.469 e. The van der Waals surface area contributed by atoms with Crippen molar-refractivity contribution < 1.29 is 14.3 Å². The molecule has 0 unspecified atom stereocenters. The highest BCUT2D eigenvalue weighted by molar-refractivity contribution is 5.98. The molecule has 0 atom stereocenters. The average molecular weight is 238 g/mol. The van der Waals surface area contributed by atoms with Gasteiger partial charge in [0.2, 0.25) is 0 Å². The number of ketones is 1. The smallest absolute Gasteiger partial charge is 0.313 e. The molecule has 0 aromatic heterocycles. The van der Waals surface area contributed by atoms with E-state index in [0.29, 0.717) is 6.42 Å². The number of hydrogen-bond donors (Lipinski definition) is 0. The van der Waals surface area contributed by atoms with E-state index in [1.807, 2.05) is 32.9 Å². The van der Waals surface area contributed by atoms with Gasteiger partial charge in [-0.05, 0) is 19.8 Å². The topological polar surface area (TPSA) is 43.4 Å². The van der Waals surface area contributed by atoms with Gasteiger partial charge in [0.05, 0.1) is 7.11 Å². The molecule has 0 saturated heterocycles. The summed E-state index contributed by atoms with van der Waals surface area (Å²) in [5, 5.41) is 0. The van der Waals surface area contributed by atoms with Gasteiger partial charge in [-0.1, -0.05) is 38.2 Å². The van der Waals surface area contributed by atoms with Gasteiger partial charge in [0.25, 0.3) is 0 Å². The van der Waals surface area contributed by atoms with Crippen LogP contribution in [0.5, 0.6) is 0 Å². The number of methoxy groups -OCH3 is 1. The predicted octanol–water partition coefficient (Wildman–Crippen LogP) is 3.06. The number of allylic oxidation sites excluding steroid dienone is 3. The number of carbonyl (C=O) groups is 2. The SMILES string of the molecule is C=C(C)/C=C/CCC(C)(C)C(=O)CC(=O)OC. The molecule has 17 heavy (non-hydrogen) atoms. The van der Waals surface area contributed by atoms with E-state index in [1.165, 1.54) is 7.11 Å². The second kappa shape index (κ2) is 7.05. The van der Waals surface area contributed by atoms with Crippen LogP contribution < -0.4 is 0 Å². The number of carbonyl (C=O) groups excluding carboxylic acids is 2. The number of rotatable bonds is 7. The number of esters is 1. The number of Topliss-reactive ketones (excluding diaryl/α,β-unsaturated/α-hetero) is 1. The second-order valence-electron chi connectivity index (χ2n) is 4.85. The molecule has 0 bridgehead atoms. The van der Waals surface area contributed by atoms with Gasteiger partial charge in [-0.2, -0.15) is 0 Å². The van der Waals surface area contributed by atoms with Gasteiger partial charge >= 0.3 is 5.97 Å². The van der Waals surface area contributed by atoms with Crippen LogP contribution in [0.15, 0.2) is 24.3 Å². The molecule has 3 heteroatoms. The van der Waals surface area contributed by atoms with Crippen LogP contribution in [0.4, 0.5) is 0 Å². The molecule has 0 rings (SSSR count). The number of hydrogen-bond acceptors (Lipinski definition) is 3. The van der Waals surface area contributed by atoms with Crippen LogP contribution >= 0.6 is 0 Å². The molecule has 0 spiro atoms. The Hall–Kier alpha value is -1.38. The molecule has 0 N–H and O–H groups in total. The van der Waals surface area contributed by atoms with Crippen molar-refractivity contribution in [3.05, 3.63) is 24.3 Å². The zero-order valence-electron chi connectivity index (χ0n) is 11.2. The zero-order chi connectivity index (χ0) is 13.5. The molecule has 96 valence electrons. The first kappa shape index (κ1) is 15.6. The summed E-state index contributed by atoms with van der Waals surface area (Å²) in [5.74, 6) is -0.548. The summed E-state index contributed by atoms with van der Waals surface area (Å²) in [5.41, 5.74) is 0.497. The Kier molecular flexibility index (Phi) is 6.47. The van der Waals surface area contributed by atoms with Gasteiger partial charge in [-0.25, -0.2) is 0 Å². The van der Waals surface area contributed by atoms with Gasteiger partial charge in [0, 0.05) is 5.41 Å². The van der Waals surface area contributed by atoms with E-state index in [1.54, 1.807) is 0 Å². The van der Waals surface area contributed by atoms with Crippen molar-refractivity contribution in [2.24, 2.45) is 5.41 Å². The van der Waals surface area contributed by atoms with Crippen molar-refractivity contribution in [2.75, 3.05) is 7.11 Å². The molecular weight excluding hydrogens is 216 g/mol. The molecule has 0 aliphatic rings. The highest BCUT2D eigenvalue weighted by atomic mass is 16.5. The average Bonchev–Trinajstić information content (AvgIpc) is 2.23. The van der Waals surface area contributed by atoms with Crippen LogP contribution in [0.25, 0.3) is 0 Å². The lowest BCUT2D eigenvalue weighted by molar-refractivity contribution is -0.145. The van der Waals surface area contributed by atoms with E-state index in [9.17, 15) is 9.59 Å². The molecule has 0 radical (unpaired) electrons. The van der Waals surface area contributed by atoms with Crippen molar-refractivity contribution in [1.29, 1.82) is 0 Å². The first-order valence-corrected chi connectivity index (χ1v) is 5.72. The maximum atomic E-state index is 11.8. The fourth-order valence-electron chi connectivity index (χ4n) is 1.31. The molecule has 0 aromatic carbocycles. The quantitative estimate of drug-likeness (QED) is 0.389. The molecular formula is C14H22O3. The summed E-state index contributed by atoms with van der Waals surface area (Å²) < 4.78 is 4.49. The minimum Gasteiger partial charge on any atom is -0.469 e. The third-order valence-corrected chi connectivity index (χ3v) is 2.63. The first-order chi connectivity index (χ1) is 7.79. The van der Waals surface area contributed by atoms with Crippen LogP contribution in [0, 0.1) is 5.41 Å². The molecule has 0 fully saturated rings. The van der Waals surface area contributed by atoms with E-state index in [2.05, 4.69) is 11.3 Å². The Bertz CT molecular complexity index is 324. The van der Waals surface area contributed by atoms with Crippen LogP contribution in [0.1, 0.15) is 40.0 Å². The van der Waals surface area contributed by atoms with Crippen LogP contribution in [0.3, 0.4) is 0 Å². The van der Waals surface area contributed by atoms with Crippen molar-refractivity contribution in [2.45, 2.75) is 40.0 Å². The Morgan fingerprint density at radius 1 is 1.35 bits per heavy atom. The molecule has 0 aromatic rings. The standard InChI is InChI=1S/C14H22O3/c1-11(2)8-6-7-9-14(3,4)12(15)10-13(16)17-5/h6,8H,1,7,9-10H2,2-5H3/b8-6+. The summed E-state index contributed by atoms with van der Waals surface area (Å²) in [4.78, 5) is 22.8. The lowest BCUT2D eigenvalue weighted by atomic mass is 9.82. The molecule has 0 aliphatic carbocycles. The predicted molar refractivity (Wildman–Crippen MR) is 68.6 cm³/mol. The Morgan fingerprint density at radius 2 is 1.94 bits per heavy atom. The first-order valence-electron chi connectivity index (χ1n) is 5.72. The molecule has 0 amide bonds. The number of ether oxygens (including phenoxy) is 1. The fraction of sp³-hybridized carbons (Fsp3) is 0.571. The fourth-order valence-corrected chi connectivity index (χ4v) is 1.31. The van der Waals surface area contributed by atoms with Crippen molar-refractivity contribution in [3.8, 4) is 0 Å². The monoisotopic (exact) mass is 238 g/mol. The highest BCUT2D eigenvalue weighted by Crippen LogP contribution is 2.25. The molecule has 0 heterocycles.